The topological polar surface area (TPSA) is 78.0 Å². The number of aliphatic imine (C=N–C) groups is 1. The van der Waals surface area contributed by atoms with Gasteiger partial charge in [-0.2, -0.15) is 0 Å². The molecular weight excluding hydrogens is 541 g/mol. The van der Waals surface area contributed by atoms with Gasteiger partial charge in [-0.1, -0.05) is 41.9 Å². The summed E-state index contributed by atoms with van der Waals surface area (Å²) in [5.74, 6) is 1.52. The van der Waals surface area contributed by atoms with Crippen molar-refractivity contribution in [1.29, 1.82) is 0 Å². The molecule has 0 aromatic heterocycles. The molecule has 0 bridgehead atoms. The van der Waals surface area contributed by atoms with E-state index in [0.29, 0.717) is 30.5 Å². The minimum Gasteiger partial charge on any atom is -0.495 e. The minimum atomic E-state index is 0. The normalized spacial score (nSPS) is 15.7. The second kappa shape index (κ2) is 13.4. The highest BCUT2D eigenvalue weighted by atomic mass is 127. The molecule has 9 heteroatoms. The van der Waals surface area contributed by atoms with E-state index >= 15 is 0 Å². The highest BCUT2D eigenvalue weighted by Gasteiger charge is 2.25. The van der Waals surface area contributed by atoms with Gasteiger partial charge in [-0.15, -0.1) is 24.0 Å². The number of ether oxygens (including phenoxy) is 1. The van der Waals surface area contributed by atoms with Crippen LogP contribution < -0.4 is 25.6 Å². The molecule has 0 spiro atoms. The summed E-state index contributed by atoms with van der Waals surface area (Å²) in [5.41, 5.74) is 2.08. The lowest BCUT2D eigenvalue weighted by Gasteiger charge is -2.22. The second-order valence-corrected chi connectivity index (χ2v) is 7.84. The Morgan fingerprint density at radius 3 is 2.72 bits per heavy atom. The number of nitrogens with zero attached hydrogens (tertiary/aromatic N) is 2. The summed E-state index contributed by atoms with van der Waals surface area (Å²) in [6, 6.07) is 15.8. The first-order valence-corrected chi connectivity index (χ1v) is 10.8. The van der Waals surface area contributed by atoms with Crippen LogP contribution in [0.25, 0.3) is 0 Å². The van der Waals surface area contributed by atoms with Crippen molar-refractivity contribution in [2.45, 2.75) is 25.4 Å². The molecule has 0 saturated carbocycles. The molecule has 0 aliphatic carbocycles. The monoisotopic (exact) mass is 571 g/mol. The number of guanidine groups is 1. The molecule has 32 heavy (non-hydrogen) atoms. The highest BCUT2D eigenvalue weighted by molar-refractivity contribution is 14.0. The summed E-state index contributed by atoms with van der Waals surface area (Å²) >= 11 is 6.18. The Bertz CT molecular complexity index is 897. The Labute approximate surface area is 212 Å². The predicted molar refractivity (Wildman–Crippen MR) is 141 cm³/mol. The van der Waals surface area contributed by atoms with Crippen LogP contribution in [0.1, 0.15) is 18.4 Å². The van der Waals surface area contributed by atoms with Gasteiger partial charge in [0.1, 0.15) is 5.75 Å². The molecule has 1 atom stereocenters. The summed E-state index contributed by atoms with van der Waals surface area (Å²) in [5, 5.41) is 10.3. The lowest BCUT2D eigenvalue weighted by atomic mass is 10.2. The molecule has 1 amide bonds. The van der Waals surface area contributed by atoms with E-state index in [1.807, 2.05) is 48.5 Å². The molecule has 1 fully saturated rings. The maximum atomic E-state index is 12.1. The fourth-order valence-corrected chi connectivity index (χ4v) is 3.74. The van der Waals surface area contributed by atoms with Gasteiger partial charge in [-0.25, -0.2) is 0 Å². The van der Waals surface area contributed by atoms with Crippen molar-refractivity contribution >= 4 is 53.1 Å². The molecule has 2 aromatic carbocycles. The van der Waals surface area contributed by atoms with Gasteiger partial charge in [-0.05, 0) is 30.2 Å². The smallest absolute Gasteiger partial charge is 0.222 e. The average Bonchev–Trinajstić information content (AvgIpc) is 3.26. The third-order valence-corrected chi connectivity index (χ3v) is 5.45. The van der Waals surface area contributed by atoms with E-state index in [9.17, 15) is 4.79 Å². The van der Waals surface area contributed by atoms with Gasteiger partial charge in [0, 0.05) is 50.7 Å². The van der Waals surface area contributed by atoms with E-state index in [2.05, 4.69) is 25.8 Å². The molecule has 1 aliphatic rings. The fourth-order valence-electron chi connectivity index (χ4n) is 3.57. The van der Waals surface area contributed by atoms with Crippen LogP contribution in [0.15, 0.2) is 53.5 Å². The number of anilines is 1. The Balaban J connectivity index is 0.00000363. The molecule has 2 aromatic rings. The van der Waals surface area contributed by atoms with Crippen molar-refractivity contribution in [3.8, 4) is 5.75 Å². The molecule has 1 aliphatic heterocycles. The van der Waals surface area contributed by atoms with E-state index in [1.54, 1.807) is 14.2 Å². The zero-order valence-electron chi connectivity index (χ0n) is 18.4. The van der Waals surface area contributed by atoms with E-state index in [-0.39, 0.29) is 35.9 Å². The SMILES string of the molecule is CN=C(NCCC(=O)NCc1ccccc1)NC1CCN(c2cc(Cl)ccc2OC)C1.I. The van der Waals surface area contributed by atoms with Crippen molar-refractivity contribution < 1.29 is 9.53 Å². The lowest BCUT2D eigenvalue weighted by Crippen LogP contribution is -2.45. The van der Waals surface area contributed by atoms with Gasteiger partial charge in [0.15, 0.2) is 5.96 Å². The zero-order valence-corrected chi connectivity index (χ0v) is 21.5. The minimum absolute atomic E-state index is 0. The predicted octanol–water partition coefficient (Wildman–Crippen LogP) is 3.42. The first-order valence-electron chi connectivity index (χ1n) is 10.5. The average molecular weight is 572 g/mol. The molecule has 3 rings (SSSR count). The number of benzene rings is 2. The third-order valence-electron chi connectivity index (χ3n) is 5.21. The number of carbonyl (C=O) groups is 1. The summed E-state index contributed by atoms with van der Waals surface area (Å²) in [6.45, 7) is 2.76. The van der Waals surface area contributed by atoms with Crippen LogP contribution in [0, 0.1) is 0 Å². The lowest BCUT2D eigenvalue weighted by molar-refractivity contribution is -0.121. The summed E-state index contributed by atoms with van der Waals surface area (Å²) in [4.78, 5) is 18.6. The largest absolute Gasteiger partial charge is 0.495 e. The Hall–Kier alpha value is -2.20. The molecule has 1 heterocycles. The van der Waals surface area contributed by atoms with Gasteiger partial charge < -0.3 is 25.6 Å². The van der Waals surface area contributed by atoms with E-state index < -0.39 is 0 Å². The van der Waals surface area contributed by atoms with Crippen LogP contribution >= 0.6 is 35.6 Å². The quantitative estimate of drug-likeness (QED) is 0.257. The molecule has 1 saturated heterocycles. The van der Waals surface area contributed by atoms with Crippen LogP contribution in [0.3, 0.4) is 0 Å². The summed E-state index contributed by atoms with van der Waals surface area (Å²) in [7, 11) is 3.40. The van der Waals surface area contributed by atoms with Crippen molar-refractivity contribution in [3.63, 3.8) is 0 Å². The van der Waals surface area contributed by atoms with E-state index in [1.165, 1.54) is 0 Å². The van der Waals surface area contributed by atoms with Crippen molar-refractivity contribution in [3.05, 3.63) is 59.1 Å². The Morgan fingerprint density at radius 2 is 2.00 bits per heavy atom. The molecule has 1 unspecified atom stereocenters. The number of hydrogen-bond acceptors (Lipinski definition) is 4. The van der Waals surface area contributed by atoms with Crippen LogP contribution in [-0.2, 0) is 11.3 Å². The second-order valence-electron chi connectivity index (χ2n) is 7.40. The molecule has 3 N–H and O–H groups in total. The number of methoxy groups -OCH3 is 1. The van der Waals surface area contributed by atoms with Crippen molar-refractivity contribution in [1.82, 2.24) is 16.0 Å². The van der Waals surface area contributed by atoms with Crippen LogP contribution in [0.5, 0.6) is 5.75 Å². The zero-order chi connectivity index (χ0) is 22.1. The van der Waals surface area contributed by atoms with Gasteiger partial charge in [-0.3, -0.25) is 9.79 Å². The summed E-state index contributed by atoms with van der Waals surface area (Å²) < 4.78 is 5.48. The van der Waals surface area contributed by atoms with Crippen LogP contribution in [0.4, 0.5) is 5.69 Å². The van der Waals surface area contributed by atoms with Crippen molar-refractivity contribution in [2.24, 2.45) is 4.99 Å². The van der Waals surface area contributed by atoms with Gasteiger partial charge >= 0.3 is 0 Å². The maximum Gasteiger partial charge on any atom is 0.222 e. The molecular formula is C23H31ClIN5O2. The number of nitrogens with one attached hydrogen (secondary N) is 3. The fraction of sp³-hybridized carbons (Fsp3) is 0.391. The number of amides is 1. The number of halogens is 2. The highest BCUT2D eigenvalue weighted by Crippen LogP contribution is 2.33. The van der Waals surface area contributed by atoms with Crippen LogP contribution in [-0.4, -0.2) is 51.7 Å². The summed E-state index contributed by atoms with van der Waals surface area (Å²) in [6.07, 6.45) is 1.35. The van der Waals surface area contributed by atoms with Crippen molar-refractivity contribution in [2.75, 3.05) is 38.7 Å². The van der Waals surface area contributed by atoms with Gasteiger partial charge in [0.05, 0.1) is 12.8 Å². The molecule has 0 radical (unpaired) electrons. The Kier molecular flexibility index (Phi) is 10.9. The van der Waals surface area contributed by atoms with E-state index in [0.717, 1.165) is 36.5 Å². The Morgan fingerprint density at radius 1 is 1.22 bits per heavy atom. The first kappa shape index (κ1) is 26.1. The number of carbonyl (C=O) groups excluding carboxylic acids is 1. The number of rotatable bonds is 8. The molecule has 7 nitrogen and oxygen atoms in total. The van der Waals surface area contributed by atoms with Gasteiger partial charge in [0.2, 0.25) is 5.91 Å². The first-order chi connectivity index (χ1) is 15.1. The molecule has 174 valence electrons. The van der Waals surface area contributed by atoms with Gasteiger partial charge in [0.25, 0.3) is 0 Å². The maximum absolute atomic E-state index is 12.1. The number of hydrogen-bond donors (Lipinski definition) is 3. The standard InChI is InChI=1S/C23H30ClN5O2.HI/c1-25-23(26-12-10-22(30)27-15-17-6-4-3-5-7-17)28-19-11-13-29(16-19)20-14-18(24)8-9-21(20)31-2;/h3-9,14,19H,10-13,15-16H2,1-2H3,(H,27,30)(H2,25,26,28);1H. The third kappa shape index (κ3) is 7.74. The van der Waals surface area contributed by atoms with E-state index in [4.69, 9.17) is 16.3 Å². The van der Waals surface area contributed by atoms with Crippen LogP contribution in [0.2, 0.25) is 5.02 Å².